The Morgan fingerprint density at radius 1 is 1.28 bits per heavy atom. The van der Waals surface area contributed by atoms with Crippen LogP contribution in [0.25, 0.3) is 0 Å². The largest absolute Gasteiger partial charge is 0.476 e. The highest BCUT2D eigenvalue weighted by atomic mass is 127. The van der Waals surface area contributed by atoms with Gasteiger partial charge in [-0.25, -0.2) is 4.79 Å². The molecule has 0 atom stereocenters. The molecule has 1 heterocycles. The predicted octanol–water partition coefficient (Wildman–Crippen LogP) is 1.42. The lowest BCUT2D eigenvalue weighted by atomic mass is 10.4. The lowest BCUT2D eigenvalue weighted by Crippen LogP contribution is -2.16. The van der Waals surface area contributed by atoms with Crippen LogP contribution in [0.15, 0.2) is 41.3 Å². The zero-order valence-electron chi connectivity index (χ0n) is 8.82. The summed E-state index contributed by atoms with van der Waals surface area (Å²) < 4.78 is 25.3. The number of carboxylic acid groups (broad SMARTS) is 1. The number of benzene rings is 1. The molecule has 0 saturated heterocycles. The van der Waals surface area contributed by atoms with Crippen LogP contribution >= 0.6 is 22.6 Å². The van der Waals surface area contributed by atoms with Crippen molar-refractivity contribution in [2.75, 3.05) is 0 Å². The van der Waals surface area contributed by atoms with Gasteiger partial charge in [0.2, 0.25) is 0 Å². The van der Waals surface area contributed by atoms with E-state index in [1.807, 2.05) is 0 Å². The van der Waals surface area contributed by atoms with Crippen molar-refractivity contribution < 1.29 is 18.3 Å². The van der Waals surface area contributed by atoms with Crippen molar-refractivity contribution in [3.63, 3.8) is 0 Å². The van der Waals surface area contributed by atoms with E-state index in [9.17, 15) is 13.2 Å². The van der Waals surface area contributed by atoms with Crippen molar-refractivity contribution >= 4 is 38.6 Å². The number of nitrogens with zero attached hydrogens (tertiary/aromatic N) is 2. The van der Waals surface area contributed by atoms with Crippen molar-refractivity contribution in [1.82, 2.24) is 9.19 Å². The van der Waals surface area contributed by atoms with Crippen molar-refractivity contribution in [1.29, 1.82) is 0 Å². The predicted molar refractivity (Wildman–Crippen MR) is 70.9 cm³/mol. The summed E-state index contributed by atoms with van der Waals surface area (Å²) in [7, 11) is -3.85. The van der Waals surface area contributed by atoms with Crippen LogP contribution in [0.5, 0.6) is 0 Å². The fourth-order valence-electron chi connectivity index (χ4n) is 1.31. The van der Waals surface area contributed by atoms with E-state index < -0.39 is 16.0 Å². The third-order valence-corrected chi connectivity index (χ3v) is 4.82. The van der Waals surface area contributed by atoms with Gasteiger partial charge in [-0.2, -0.15) is 8.42 Å². The minimum absolute atomic E-state index is 0.0583. The van der Waals surface area contributed by atoms with E-state index in [4.69, 9.17) is 5.11 Å². The Bertz CT molecular complexity index is 694. The maximum Gasteiger partial charge on any atom is 0.356 e. The Labute approximate surface area is 116 Å². The highest BCUT2D eigenvalue weighted by molar-refractivity contribution is 14.1. The van der Waals surface area contributed by atoms with Crippen LogP contribution in [0.2, 0.25) is 0 Å². The minimum Gasteiger partial charge on any atom is -0.476 e. The van der Waals surface area contributed by atoms with Gasteiger partial charge in [-0.1, -0.05) is 18.2 Å². The third-order valence-electron chi connectivity index (χ3n) is 2.12. The van der Waals surface area contributed by atoms with Crippen LogP contribution in [-0.4, -0.2) is 28.7 Å². The first-order valence-electron chi connectivity index (χ1n) is 4.72. The first kappa shape index (κ1) is 13.0. The molecule has 0 amide bonds. The molecule has 0 radical (unpaired) electrons. The molecule has 94 valence electrons. The van der Waals surface area contributed by atoms with E-state index in [-0.39, 0.29) is 14.3 Å². The van der Waals surface area contributed by atoms with E-state index in [1.54, 1.807) is 40.8 Å². The molecule has 8 heteroatoms. The number of aromatic nitrogens is 2. The van der Waals surface area contributed by atoms with Gasteiger partial charge >= 0.3 is 5.97 Å². The summed E-state index contributed by atoms with van der Waals surface area (Å²) in [6, 6.07) is 8.91. The Kier molecular flexibility index (Phi) is 3.39. The average molecular weight is 378 g/mol. The van der Waals surface area contributed by atoms with Gasteiger partial charge in [-0.05, 0) is 34.7 Å². The van der Waals surface area contributed by atoms with Crippen LogP contribution in [0.3, 0.4) is 0 Å². The van der Waals surface area contributed by atoms with Crippen LogP contribution in [0, 0.1) is 3.70 Å². The van der Waals surface area contributed by atoms with Gasteiger partial charge in [-0.3, -0.25) is 0 Å². The lowest BCUT2D eigenvalue weighted by Gasteiger charge is -2.04. The van der Waals surface area contributed by atoms with Crippen molar-refractivity contribution in [3.05, 3.63) is 45.8 Å². The number of carbonyl (C=O) groups is 1. The van der Waals surface area contributed by atoms with Crippen molar-refractivity contribution in [2.45, 2.75) is 4.90 Å². The molecule has 18 heavy (non-hydrogen) atoms. The molecular weight excluding hydrogens is 371 g/mol. The number of hydrogen-bond donors (Lipinski definition) is 1. The van der Waals surface area contributed by atoms with Gasteiger partial charge in [0.05, 0.1) is 4.90 Å². The van der Waals surface area contributed by atoms with Crippen LogP contribution < -0.4 is 0 Å². The molecule has 1 aromatic heterocycles. The molecule has 0 saturated carbocycles. The van der Waals surface area contributed by atoms with Gasteiger partial charge in [0.15, 0.2) is 5.69 Å². The summed E-state index contributed by atoms with van der Waals surface area (Å²) in [4.78, 5) is 10.8. The maximum atomic E-state index is 12.2. The summed E-state index contributed by atoms with van der Waals surface area (Å²) >= 11 is 1.72. The topological polar surface area (TPSA) is 89.3 Å². The van der Waals surface area contributed by atoms with Gasteiger partial charge < -0.3 is 5.11 Å². The van der Waals surface area contributed by atoms with E-state index in [0.717, 1.165) is 0 Å². The molecule has 1 aromatic carbocycles. The molecule has 2 rings (SSSR count). The van der Waals surface area contributed by atoms with Gasteiger partial charge in [0.25, 0.3) is 10.0 Å². The molecule has 0 aliphatic rings. The van der Waals surface area contributed by atoms with E-state index in [1.165, 1.54) is 18.2 Å². The fraction of sp³-hybridized carbons (Fsp3) is 0. The average Bonchev–Trinajstić information content (AvgIpc) is 2.73. The second-order valence-corrected chi connectivity index (χ2v) is 6.19. The van der Waals surface area contributed by atoms with Crippen molar-refractivity contribution in [3.8, 4) is 0 Å². The number of hydrogen-bond acceptors (Lipinski definition) is 4. The highest BCUT2D eigenvalue weighted by Crippen LogP contribution is 2.17. The summed E-state index contributed by atoms with van der Waals surface area (Å²) in [5.41, 5.74) is -0.307. The van der Waals surface area contributed by atoms with Crippen molar-refractivity contribution in [2.24, 2.45) is 0 Å². The zero-order valence-corrected chi connectivity index (χ0v) is 11.8. The summed E-state index contributed by atoms with van der Waals surface area (Å²) in [5, 5.41) is 12.4. The quantitative estimate of drug-likeness (QED) is 0.817. The molecule has 0 spiro atoms. The standard InChI is InChI=1S/C10H7IN2O4S/c11-9-6-8(10(14)15)12-13(9)18(16,17)7-4-2-1-3-5-7/h1-6H,(H,14,15). The smallest absolute Gasteiger partial charge is 0.356 e. The molecule has 1 N–H and O–H groups in total. The Morgan fingerprint density at radius 3 is 2.39 bits per heavy atom. The third kappa shape index (κ3) is 2.25. The first-order chi connectivity index (χ1) is 8.43. The second kappa shape index (κ2) is 4.69. The number of rotatable bonds is 3. The van der Waals surface area contributed by atoms with Gasteiger partial charge in [-0.15, -0.1) is 9.19 Å². The highest BCUT2D eigenvalue weighted by Gasteiger charge is 2.23. The Morgan fingerprint density at radius 2 is 1.89 bits per heavy atom. The number of halogens is 1. The zero-order chi connectivity index (χ0) is 13.3. The minimum atomic E-state index is -3.85. The molecule has 0 fully saturated rings. The van der Waals surface area contributed by atoms with Gasteiger partial charge in [0.1, 0.15) is 3.70 Å². The van der Waals surface area contributed by atoms with Gasteiger partial charge in [0, 0.05) is 6.07 Å². The van der Waals surface area contributed by atoms with Crippen LogP contribution in [0.1, 0.15) is 10.5 Å². The number of aromatic carboxylic acids is 1. The Balaban J connectivity index is 2.59. The molecule has 0 aliphatic heterocycles. The molecule has 0 aliphatic carbocycles. The lowest BCUT2D eigenvalue weighted by molar-refractivity contribution is 0.0690. The molecule has 0 unspecified atom stereocenters. The maximum absolute atomic E-state index is 12.2. The molecule has 2 aromatic rings. The molecule has 6 nitrogen and oxygen atoms in total. The summed E-state index contributed by atoms with van der Waals surface area (Å²) in [6.45, 7) is 0. The van der Waals surface area contributed by atoms with E-state index in [2.05, 4.69) is 5.10 Å². The Hall–Kier alpha value is -1.42. The summed E-state index contributed by atoms with van der Waals surface area (Å²) in [5.74, 6) is -1.27. The van der Waals surface area contributed by atoms with Crippen LogP contribution in [0.4, 0.5) is 0 Å². The first-order valence-corrected chi connectivity index (χ1v) is 7.24. The molecular formula is C10H7IN2O4S. The SMILES string of the molecule is O=C(O)c1cc(I)n(S(=O)(=O)c2ccccc2)n1. The molecule has 0 bridgehead atoms. The number of carboxylic acids is 1. The second-order valence-electron chi connectivity index (χ2n) is 3.32. The normalized spacial score (nSPS) is 11.4. The fourth-order valence-corrected chi connectivity index (χ4v) is 3.67. The van der Waals surface area contributed by atoms with E-state index in [0.29, 0.717) is 4.09 Å². The van der Waals surface area contributed by atoms with Crippen LogP contribution in [-0.2, 0) is 10.0 Å². The monoisotopic (exact) mass is 378 g/mol. The summed E-state index contributed by atoms with van der Waals surface area (Å²) in [6.07, 6.45) is 0. The van der Waals surface area contributed by atoms with E-state index >= 15 is 0 Å².